The van der Waals surface area contributed by atoms with E-state index < -0.39 is 22.7 Å². The van der Waals surface area contributed by atoms with Gasteiger partial charge < -0.3 is 19.7 Å². The van der Waals surface area contributed by atoms with Crippen LogP contribution in [0, 0.1) is 0 Å². The van der Waals surface area contributed by atoms with E-state index in [4.69, 9.17) is 4.74 Å². The molecule has 0 bridgehead atoms. The van der Waals surface area contributed by atoms with E-state index in [0.29, 0.717) is 5.56 Å². The minimum Gasteiger partial charge on any atom is -0.455 e. The van der Waals surface area contributed by atoms with Gasteiger partial charge in [0.15, 0.2) is 0 Å². The maximum atomic E-state index is 12.8. The topological polar surface area (TPSA) is 108 Å². The van der Waals surface area contributed by atoms with Crippen LogP contribution >= 0.6 is 11.3 Å². The van der Waals surface area contributed by atoms with E-state index in [2.05, 4.69) is 15.0 Å². The summed E-state index contributed by atoms with van der Waals surface area (Å²) in [5.41, 5.74) is -0.181. The van der Waals surface area contributed by atoms with Crippen LogP contribution in [0.4, 0.5) is 0 Å². The van der Waals surface area contributed by atoms with Gasteiger partial charge in [-0.3, -0.25) is 9.59 Å². The lowest BCUT2D eigenvalue weighted by Crippen LogP contribution is -2.46. The van der Waals surface area contributed by atoms with Gasteiger partial charge in [-0.25, -0.2) is 4.79 Å². The largest absolute Gasteiger partial charge is 0.455 e. The summed E-state index contributed by atoms with van der Waals surface area (Å²) in [5, 5.41) is 2.83. The maximum absolute atomic E-state index is 12.8. The molecule has 4 rings (SSSR count). The summed E-state index contributed by atoms with van der Waals surface area (Å²) in [6.45, 7) is 5.34. The number of aromatic nitrogens is 3. The molecule has 0 atom stereocenters. The number of para-hydroxylation sites is 1. The Balaban J connectivity index is 1.91. The van der Waals surface area contributed by atoms with Crippen LogP contribution in [-0.4, -0.2) is 26.5 Å². The Morgan fingerprint density at radius 2 is 1.61 bits per heavy atom. The summed E-state index contributed by atoms with van der Waals surface area (Å²) in [7, 11) is 0. The normalized spacial score (nSPS) is 13.1. The second kappa shape index (κ2) is 7.88. The highest BCUT2D eigenvalue weighted by Gasteiger charge is 2.23. The molecular formula is C23H21N3O4S. The van der Waals surface area contributed by atoms with Crippen LogP contribution in [0.15, 0.2) is 51.4 Å². The van der Waals surface area contributed by atoms with E-state index >= 15 is 0 Å². The Labute approximate surface area is 180 Å². The molecular weight excluding hydrogens is 414 g/mol. The molecule has 0 aliphatic carbocycles. The van der Waals surface area contributed by atoms with Crippen molar-refractivity contribution in [2.75, 3.05) is 0 Å². The van der Waals surface area contributed by atoms with Gasteiger partial charge in [0.1, 0.15) is 22.0 Å². The molecule has 4 aromatic rings. The highest BCUT2D eigenvalue weighted by molar-refractivity contribution is 7.10. The molecule has 31 heavy (non-hydrogen) atoms. The molecule has 7 nitrogen and oxygen atoms in total. The fourth-order valence-electron chi connectivity index (χ4n) is 3.16. The summed E-state index contributed by atoms with van der Waals surface area (Å²) < 4.78 is 5.51. The molecule has 0 aliphatic heterocycles. The van der Waals surface area contributed by atoms with E-state index in [1.54, 1.807) is 26.8 Å². The fourth-order valence-corrected chi connectivity index (χ4v) is 3.82. The van der Waals surface area contributed by atoms with Crippen molar-refractivity contribution in [3.05, 3.63) is 89.3 Å². The monoisotopic (exact) mass is 435 g/mol. The third-order valence-corrected chi connectivity index (χ3v) is 5.27. The predicted octanol–water partition coefficient (Wildman–Crippen LogP) is 2.22. The first-order valence-electron chi connectivity index (χ1n) is 9.65. The summed E-state index contributed by atoms with van der Waals surface area (Å²) in [6, 6.07) is 11.0. The standard InChI is InChI=1S/C23H21N3O4S/c1-23(2,3)30-22(29)19-15(14-8-4-5-9-16(14)24-19)12-18-21(28)25-17(20(27)26-18)11-13-7-6-10-31-13/h4-12,24H,1-3H3,(H,25,28)(H,26,27)/b17-11-,18-12-. The average Bonchev–Trinajstić information content (AvgIpc) is 3.32. The van der Waals surface area contributed by atoms with Crippen LogP contribution in [0.3, 0.4) is 0 Å². The summed E-state index contributed by atoms with van der Waals surface area (Å²) >= 11 is 1.46. The zero-order valence-electron chi connectivity index (χ0n) is 17.2. The average molecular weight is 436 g/mol. The summed E-state index contributed by atoms with van der Waals surface area (Å²) in [5.74, 6) is -0.545. The summed E-state index contributed by atoms with van der Waals surface area (Å²) in [4.78, 5) is 47.2. The number of carbonyl (C=O) groups excluding carboxylic acids is 1. The Kier molecular flexibility index (Phi) is 5.24. The lowest BCUT2D eigenvalue weighted by Gasteiger charge is -2.19. The number of benzene rings is 1. The number of esters is 1. The van der Waals surface area contributed by atoms with E-state index in [9.17, 15) is 14.4 Å². The van der Waals surface area contributed by atoms with Crippen molar-refractivity contribution in [3.63, 3.8) is 0 Å². The van der Waals surface area contributed by atoms with Gasteiger partial charge in [-0.05, 0) is 50.4 Å². The molecule has 3 aromatic heterocycles. The van der Waals surface area contributed by atoms with Crippen LogP contribution in [0.5, 0.6) is 0 Å². The molecule has 0 unspecified atom stereocenters. The number of thiophene rings is 1. The molecule has 0 aliphatic rings. The van der Waals surface area contributed by atoms with Gasteiger partial charge in [-0.15, -0.1) is 11.3 Å². The summed E-state index contributed by atoms with van der Waals surface area (Å²) in [6.07, 6.45) is 3.11. The zero-order chi connectivity index (χ0) is 22.2. The first-order chi connectivity index (χ1) is 14.7. The van der Waals surface area contributed by atoms with Gasteiger partial charge in [-0.2, -0.15) is 0 Å². The first kappa shape index (κ1) is 20.6. The van der Waals surface area contributed by atoms with Crippen LogP contribution < -0.4 is 21.8 Å². The Bertz CT molecular complexity index is 1500. The number of rotatable bonds is 3. The van der Waals surface area contributed by atoms with E-state index in [1.165, 1.54) is 17.4 Å². The number of nitrogens with one attached hydrogen (secondary N) is 3. The second-order valence-corrected chi connectivity index (χ2v) is 8.98. The second-order valence-electron chi connectivity index (χ2n) is 8.00. The predicted molar refractivity (Wildman–Crippen MR) is 122 cm³/mol. The van der Waals surface area contributed by atoms with Gasteiger partial charge in [0.2, 0.25) is 0 Å². The third kappa shape index (κ3) is 4.44. The highest BCUT2D eigenvalue weighted by Crippen LogP contribution is 2.25. The van der Waals surface area contributed by atoms with Gasteiger partial charge >= 0.3 is 5.97 Å². The van der Waals surface area contributed by atoms with Crippen LogP contribution in [0.25, 0.3) is 23.1 Å². The van der Waals surface area contributed by atoms with E-state index in [0.717, 1.165) is 15.8 Å². The molecule has 3 N–H and O–H groups in total. The Morgan fingerprint density at radius 1 is 0.935 bits per heavy atom. The van der Waals surface area contributed by atoms with Crippen molar-refractivity contribution >= 4 is 40.4 Å². The van der Waals surface area contributed by atoms with Gasteiger partial charge in [0, 0.05) is 21.3 Å². The number of ether oxygens (including phenoxy) is 1. The number of hydrogen-bond acceptors (Lipinski definition) is 5. The van der Waals surface area contributed by atoms with E-state index in [-0.39, 0.29) is 16.4 Å². The van der Waals surface area contributed by atoms with Gasteiger partial charge in [0.05, 0.1) is 0 Å². The number of fused-ring (bicyclic) bond motifs is 1. The quantitative estimate of drug-likeness (QED) is 0.429. The van der Waals surface area contributed by atoms with Crippen LogP contribution in [-0.2, 0) is 4.74 Å². The third-order valence-electron chi connectivity index (χ3n) is 4.45. The van der Waals surface area contributed by atoms with Crippen molar-refractivity contribution in [3.8, 4) is 0 Å². The molecule has 0 radical (unpaired) electrons. The molecule has 1 aromatic carbocycles. The van der Waals surface area contributed by atoms with E-state index in [1.807, 2.05) is 41.8 Å². The molecule has 158 valence electrons. The Hall–Kier alpha value is -3.65. The van der Waals surface area contributed by atoms with Crippen LogP contribution in [0.2, 0.25) is 0 Å². The first-order valence-corrected chi connectivity index (χ1v) is 10.5. The molecule has 0 saturated carbocycles. The fraction of sp³-hybridized carbons (Fsp3) is 0.174. The molecule has 0 saturated heterocycles. The molecule has 0 spiro atoms. The lowest BCUT2D eigenvalue weighted by atomic mass is 10.1. The number of carbonyl (C=O) groups is 1. The molecule has 0 fully saturated rings. The molecule has 8 heteroatoms. The minimum absolute atomic E-state index is 0.0443. The maximum Gasteiger partial charge on any atom is 0.355 e. The molecule has 0 amide bonds. The van der Waals surface area contributed by atoms with Crippen molar-refractivity contribution in [2.24, 2.45) is 0 Å². The SMILES string of the molecule is CC(C)(C)OC(=O)c1[nH]c2ccccc2c1/C=c1\[nH]c(=O)/c(=C/c2cccs2)[nH]c1=O. The van der Waals surface area contributed by atoms with Gasteiger partial charge in [-0.1, -0.05) is 24.3 Å². The van der Waals surface area contributed by atoms with Crippen LogP contribution in [0.1, 0.15) is 41.7 Å². The van der Waals surface area contributed by atoms with Crippen molar-refractivity contribution < 1.29 is 9.53 Å². The zero-order valence-corrected chi connectivity index (χ0v) is 18.1. The number of aromatic amines is 3. The van der Waals surface area contributed by atoms with Crippen molar-refractivity contribution in [1.29, 1.82) is 0 Å². The molecule has 3 heterocycles. The smallest absolute Gasteiger partial charge is 0.355 e. The number of H-pyrrole nitrogens is 3. The highest BCUT2D eigenvalue weighted by atomic mass is 32.1. The van der Waals surface area contributed by atoms with Crippen molar-refractivity contribution in [1.82, 2.24) is 15.0 Å². The van der Waals surface area contributed by atoms with Gasteiger partial charge in [0.25, 0.3) is 11.1 Å². The lowest BCUT2D eigenvalue weighted by molar-refractivity contribution is 0.00636. The van der Waals surface area contributed by atoms with Crippen molar-refractivity contribution in [2.45, 2.75) is 26.4 Å². The number of hydrogen-bond donors (Lipinski definition) is 3. The Morgan fingerprint density at radius 3 is 2.26 bits per heavy atom. The minimum atomic E-state index is -0.684.